The minimum Gasteiger partial charge on any atom is -0.493 e. The number of benzene rings is 2. The van der Waals surface area contributed by atoms with Gasteiger partial charge in [0.2, 0.25) is 0 Å². The number of nitrogens with zero attached hydrogens (tertiary/aromatic N) is 1. The molecule has 0 aromatic heterocycles. The predicted molar refractivity (Wildman–Crippen MR) is 81.0 cm³/mol. The number of nitrogens with two attached hydrogens (primary N) is 1. The third-order valence-electron chi connectivity index (χ3n) is 3.10. The Balaban J connectivity index is 2.21. The van der Waals surface area contributed by atoms with Crippen molar-refractivity contribution < 1.29 is 14.7 Å². The average molecular weight is 286 g/mol. The zero-order valence-corrected chi connectivity index (χ0v) is 12.0. The highest BCUT2D eigenvalue weighted by Crippen LogP contribution is 2.28. The van der Waals surface area contributed by atoms with Gasteiger partial charge in [0.05, 0.1) is 7.11 Å². The van der Waals surface area contributed by atoms with E-state index in [1.165, 1.54) is 0 Å². The minimum absolute atomic E-state index is 0.0603. The van der Waals surface area contributed by atoms with E-state index in [0.717, 1.165) is 11.1 Å². The van der Waals surface area contributed by atoms with Gasteiger partial charge in [0.15, 0.2) is 17.3 Å². The molecule has 0 heterocycles. The number of oxime groups is 1. The summed E-state index contributed by atoms with van der Waals surface area (Å²) in [5.41, 5.74) is 8.23. The molecule has 21 heavy (non-hydrogen) atoms. The topological polar surface area (TPSA) is 77.1 Å². The van der Waals surface area contributed by atoms with Gasteiger partial charge in [0, 0.05) is 11.1 Å². The monoisotopic (exact) mass is 286 g/mol. The predicted octanol–water partition coefficient (Wildman–Crippen LogP) is 2.68. The molecule has 110 valence electrons. The second-order valence-corrected chi connectivity index (χ2v) is 4.59. The first-order valence-electron chi connectivity index (χ1n) is 6.49. The summed E-state index contributed by atoms with van der Waals surface area (Å²) in [4.78, 5) is 0. The van der Waals surface area contributed by atoms with E-state index >= 15 is 0 Å². The maximum absolute atomic E-state index is 8.81. The fourth-order valence-electron chi connectivity index (χ4n) is 2.00. The molecule has 0 spiro atoms. The van der Waals surface area contributed by atoms with Crippen LogP contribution in [-0.4, -0.2) is 18.2 Å². The van der Waals surface area contributed by atoms with Gasteiger partial charge in [0.25, 0.3) is 0 Å². The molecule has 0 atom stereocenters. The number of aryl methyl sites for hydroxylation is 1. The molecule has 3 N–H and O–H groups in total. The third-order valence-corrected chi connectivity index (χ3v) is 3.10. The van der Waals surface area contributed by atoms with Gasteiger partial charge >= 0.3 is 0 Å². The lowest BCUT2D eigenvalue weighted by molar-refractivity contribution is 0.284. The third kappa shape index (κ3) is 3.45. The number of ether oxygens (including phenoxy) is 2. The van der Waals surface area contributed by atoms with Crippen LogP contribution in [0.1, 0.15) is 16.7 Å². The van der Waals surface area contributed by atoms with Crippen molar-refractivity contribution in [3.63, 3.8) is 0 Å². The van der Waals surface area contributed by atoms with Crippen LogP contribution in [-0.2, 0) is 6.61 Å². The van der Waals surface area contributed by atoms with E-state index in [-0.39, 0.29) is 5.84 Å². The lowest BCUT2D eigenvalue weighted by Crippen LogP contribution is -2.16. The lowest BCUT2D eigenvalue weighted by atomic mass is 10.1. The van der Waals surface area contributed by atoms with E-state index in [1.54, 1.807) is 13.2 Å². The number of methoxy groups -OCH3 is 1. The van der Waals surface area contributed by atoms with Crippen LogP contribution in [0.2, 0.25) is 0 Å². The largest absolute Gasteiger partial charge is 0.493 e. The van der Waals surface area contributed by atoms with Crippen molar-refractivity contribution in [3.8, 4) is 11.5 Å². The number of amidine groups is 1. The molecule has 0 bridgehead atoms. The van der Waals surface area contributed by atoms with E-state index in [4.69, 9.17) is 20.4 Å². The molecule has 0 saturated carbocycles. The molecule has 0 unspecified atom stereocenters. The van der Waals surface area contributed by atoms with Crippen molar-refractivity contribution >= 4 is 5.84 Å². The van der Waals surface area contributed by atoms with Crippen LogP contribution in [0, 0.1) is 6.92 Å². The minimum atomic E-state index is 0.0603. The van der Waals surface area contributed by atoms with Crippen molar-refractivity contribution in [2.24, 2.45) is 10.9 Å². The summed E-state index contributed by atoms with van der Waals surface area (Å²) in [6, 6.07) is 13.1. The summed E-state index contributed by atoms with van der Waals surface area (Å²) in [6.07, 6.45) is 0. The maximum atomic E-state index is 8.81. The fourth-order valence-corrected chi connectivity index (χ4v) is 2.00. The average Bonchev–Trinajstić information content (AvgIpc) is 2.53. The molecule has 0 fully saturated rings. The maximum Gasteiger partial charge on any atom is 0.170 e. The summed E-state index contributed by atoms with van der Waals surface area (Å²) in [5, 5.41) is 11.8. The first-order chi connectivity index (χ1) is 10.2. The van der Waals surface area contributed by atoms with E-state index < -0.39 is 0 Å². The number of hydrogen-bond donors (Lipinski definition) is 2. The zero-order valence-electron chi connectivity index (χ0n) is 12.0. The highest BCUT2D eigenvalue weighted by molar-refractivity contribution is 5.98. The van der Waals surface area contributed by atoms with Crippen LogP contribution < -0.4 is 15.2 Å². The highest BCUT2D eigenvalue weighted by Gasteiger charge is 2.09. The Morgan fingerprint density at radius 1 is 1.19 bits per heavy atom. The Morgan fingerprint density at radius 2 is 1.95 bits per heavy atom. The van der Waals surface area contributed by atoms with E-state index in [1.807, 2.05) is 43.3 Å². The second-order valence-electron chi connectivity index (χ2n) is 4.59. The van der Waals surface area contributed by atoms with E-state index in [0.29, 0.717) is 23.7 Å². The zero-order chi connectivity index (χ0) is 15.2. The molecule has 0 aliphatic heterocycles. The molecule has 0 aliphatic carbocycles. The van der Waals surface area contributed by atoms with Gasteiger partial charge < -0.3 is 20.4 Å². The number of rotatable bonds is 5. The molecule has 0 aliphatic rings. The number of hydrogen-bond acceptors (Lipinski definition) is 4. The van der Waals surface area contributed by atoms with E-state index in [9.17, 15) is 0 Å². The van der Waals surface area contributed by atoms with Gasteiger partial charge in [0.1, 0.15) is 6.61 Å². The Kier molecular flexibility index (Phi) is 4.66. The van der Waals surface area contributed by atoms with Gasteiger partial charge in [-0.2, -0.15) is 0 Å². The smallest absolute Gasteiger partial charge is 0.170 e. The van der Waals surface area contributed by atoms with Gasteiger partial charge in [-0.15, -0.1) is 0 Å². The molecule has 2 aromatic carbocycles. The fraction of sp³-hybridized carbons (Fsp3) is 0.188. The molecule has 0 amide bonds. The van der Waals surface area contributed by atoms with Crippen LogP contribution in [0.25, 0.3) is 0 Å². The quantitative estimate of drug-likeness (QED) is 0.383. The van der Waals surface area contributed by atoms with E-state index in [2.05, 4.69) is 5.16 Å². The van der Waals surface area contributed by atoms with Crippen molar-refractivity contribution in [1.82, 2.24) is 0 Å². The molecule has 2 rings (SSSR count). The first-order valence-corrected chi connectivity index (χ1v) is 6.49. The molecular weight excluding hydrogens is 268 g/mol. The summed E-state index contributed by atoms with van der Waals surface area (Å²) >= 11 is 0. The van der Waals surface area contributed by atoms with Crippen LogP contribution >= 0.6 is 0 Å². The van der Waals surface area contributed by atoms with Crippen LogP contribution in [0.15, 0.2) is 47.6 Å². The summed E-state index contributed by atoms with van der Waals surface area (Å²) < 4.78 is 11.1. The molecular formula is C16H18N2O3. The van der Waals surface area contributed by atoms with Crippen molar-refractivity contribution in [2.45, 2.75) is 13.5 Å². The summed E-state index contributed by atoms with van der Waals surface area (Å²) in [7, 11) is 1.60. The van der Waals surface area contributed by atoms with Gasteiger partial charge in [-0.05, 0) is 24.6 Å². The van der Waals surface area contributed by atoms with Crippen molar-refractivity contribution in [3.05, 3.63) is 59.2 Å². The van der Waals surface area contributed by atoms with Gasteiger partial charge in [-0.25, -0.2) is 0 Å². The van der Waals surface area contributed by atoms with Crippen molar-refractivity contribution in [2.75, 3.05) is 7.11 Å². The highest BCUT2D eigenvalue weighted by atomic mass is 16.5. The Labute approximate surface area is 123 Å². The second kappa shape index (κ2) is 6.65. The van der Waals surface area contributed by atoms with Crippen molar-refractivity contribution in [1.29, 1.82) is 0 Å². The Hall–Kier alpha value is -2.69. The first kappa shape index (κ1) is 14.7. The van der Waals surface area contributed by atoms with Crippen LogP contribution in [0.3, 0.4) is 0 Å². The standard InChI is InChI=1S/C16H18N2O3/c1-11-7-8-14(15(9-11)20-2)21-10-12-5-3-4-6-13(12)16(17)18-19/h3-9,19H,10H2,1-2H3,(H2,17,18). The summed E-state index contributed by atoms with van der Waals surface area (Å²) in [6.45, 7) is 2.28. The van der Waals surface area contributed by atoms with Gasteiger partial charge in [-0.1, -0.05) is 35.5 Å². The normalized spacial score (nSPS) is 11.2. The Bertz CT molecular complexity index is 654. The van der Waals surface area contributed by atoms with Crippen LogP contribution in [0.5, 0.6) is 11.5 Å². The summed E-state index contributed by atoms with van der Waals surface area (Å²) in [5.74, 6) is 1.39. The lowest BCUT2D eigenvalue weighted by Gasteiger charge is -2.13. The molecule has 5 nitrogen and oxygen atoms in total. The van der Waals surface area contributed by atoms with Gasteiger partial charge in [-0.3, -0.25) is 0 Å². The molecule has 0 saturated heterocycles. The molecule has 2 aromatic rings. The SMILES string of the molecule is COc1cc(C)ccc1OCc1ccccc1/C(N)=N/O. The molecule has 5 heteroatoms. The molecule has 0 radical (unpaired) electrons. The Morgan fingerprint density at radius 3 is 2.67 bits per heavy atom. The van der Waals surface area contributed by atoms with Crippen LogP contribution in [0.4, 0.5) is 0 Å².